The van der Waals surface area contributed by atoms with Gasteiger partial charge in [-0.1, -0.05) is 13.3 Å². The Bertz CT molecular complexity index is 297. The predicted octanol–water partition coefficient (Wildman–Crippen LogP) is 2.04. The van der Waals surface area contributed by atoms with Gasteiger partial charge in [-0.2, -0.15) is 0 Å². The van der Waals surface area contributed by atoms with E-state index in [-0.39, 0.29) is 5.54 Å². The van der Waals surface area contributed by atoms with Gasteiger partial charge in [0.2, 0.25) is 10.0 Å². The fourth-order valence-corrected chi connectivity index (χ4v) is 3.89. The minimum absolute atomic E-state index is 0.359. The second-order valence-corrected chi connectivity index (χ2v) is 7.37. The van der Waals surface area contributed by atoms with E-state index >= 15 is 0 Å². The number of sulfonamides is 1. The summed E-state index contributed by atoms with van der Waals surface area (Å²) in [4.78, 5) is 0. The summed E-state index contributed by atoms with van der Waals surface area (Å²) in [6.07, 6.45) is 3.38. The highest BCUT2D eigenvalue weighted by molar-refractivity contribution is 7.91. The van der Waals surface area contributed by atoms with Crippen molar-refractivity contribution in [1.82, 2.24) is 4.72 Å². The monoisotopic (exact) mass is 219 g/mol. The van der Waals surface area contributed by atoms with Crippen molar-refractivity contribution in [2.75, 3.05) is 0 Å². The molecule has 0 amide bonds. The van der Waals surface area contributed by atoms with Crippen molar-refractivity contribution in [1.29, 1.82) is 0 Å². The molecule has 0 aromatic rings. The first-order chi connectivity index (χ1) is 6.22. The zero-order valence-electron chi connectivity index (χ0n) is 9.55. The molecule has 0 bridgehead atoms. The molecular weight excluding hydrogens is 198 g/mol. The molecule has 1 rings (SSSR count). The fourth-order valence-electron chi connectivity index (χ4n) is 1.76. The lowest BCUT2D eigenvalue weighted by atomic mass is 10.1. The predicted molar refractivity (Wildman–Crippen MR) is 58.7 cm³/mol. The first-order valence-electron chi connectivity index (χ1n) is 5.26. The zero-order chi connectivity index (χ0) is 11.0. The van der Waals surface area contributed by atoms with Crippen molar-refractivity contribution in [3.63, 3.8) is 0 Å². The van der Waals surface area contributed by atoms with Crippen LogP contribution >= 0.6 is 0 Å². The summed E-state index contributed by atoms with van der Waals surface area (Å²) in [7, 11) is -3.12. The standard InChI is InChI=1S/C10H21NO2S/c1-5-6-10(7-8-10)14(12,13)11-9(2,3)4/h11H,5-8H2,1-4H3. The van der Waals surface area contributed by atoms with Gasteiger partial charge in [0, 0.05) is 5.54 Å². The van der Waals surface area contributed by atoms with E-state index in [4.69, 9.17) is 0 Å². The van der Waals surface area contributed by atoms with Crippen molar-refractivity contribution in [3.8, 4) is 0 Å². The van der Waals surface area contributed by atoms with Gasteiger partial charge in [-0.3, -0.25) is 0 Å². The third-order valence-electron chi connectivity index (χ3n) is 2.52. The average Bonchev–Trinajstić information content (AvgIpc) is 2.63. The Morgan fingerprint density at radius 1 is 1.29 bits per heavy atom. The van der Waals surface area contributed by atoms with Gasteiger partial charge in [-0.25, -0.2) is 13.1 Å². The van der Waals surface area contributed by atoms with Gasteiger partial charge in [-0.15, -0.1) is 0 Å². The molecule has 4 heteroatoms. The summed E-state index contributed by atoms with van der Waals surface area (Å²) in [5, 5.41) is 0. The second kappa shape index (κ2) is 3.49. The van der Waals surface area contributed by atoms with Crippen LogP contribution in [0.1, 0.15) is 53.4 Å². The van der Waals surface area contributed by atoms with Crippen LogP contribution in [0.15, 0.2) is 0 Å². The Kier molecular flexibility index (Phi) is 2.99. The Morgan fingerprint density at radius 2 is 1.79 bits per heavy atom. The number of hydrogen-bond acceptors (Lipinski definition) is 2. The van der Waals surface area contributed by atoms with E-state index in [9.17, 15) is 8.42 Å². The molecule has 1 aliphatic rings. The molecule has 0 spiro atoms. The topological polar surface area (TPSA) is 46.2 Å². The van der Waals surface area contributed by atoms with Crippen LogP contribution in [-0.2, 0) is 10.0 Å². The van der Waals surface area contributed by atoms with Crippen LogP contribution in [0.4, 0.5) is 0 Å². The maximum Gasteiger partial charge on any atom is 0.217 e. The largest absolute Gasteiger partial charge is 0.217 e. The minimum Gasteiger partial charge on any atom is -0.212 e. The van der Waals surface area contributed by atoms with Crippen LogP contribution in [0.25, 0.3) is 0 Å². The first-order valence-corrected chi connectivity index (χ1v) is 6.74. The molecule has 0 unspecified atom stereocenters. The van der Waals surface area contributed by atoms with Crippen molar-refractivity contribution in [2.45, 2.75) is 63.7 Å². The Morgan fingerprint density at radius 3 is 2.07 bits per heavy atom. The lowest BCUT2D eigenvalue weighted by Crippen LogP contribution is -2.46. The van der Waals surface area contributed by atoms with Crippen molar-refractivity contribution < 1.29 is 8.42 Å². The van der Waals surface area contributed by atoms with Gasteiger partial charge in [-0.05, 0) is 40.0 Å². The van der Waals surface area contributed by atoms with Crippen LogP contribution in [-0.4, -0.2) is 18.7 Å². The number of hydrogen-bond donors (Lipinski definition) is 1. The van der Waals surface area contributed by atoms with Crippen molar-refractivity contribution >= 4 is 10.0 Å². The third-order valence-corrected chi connectivity index (χ3v) is 5.16. The molecule has 0 aromatic carbocycles. The molecule has 0 aliphatic heterocycles. The van der Waals surface area contributed by atoms with E-state index in [0.29, 0.717) is 0 Å². The first kappa shape index (κ1) is 12.0. The summed E-state index contributed by atoms with van der Waals surface area (Å²) >= 11 is 0. The van der Waals surface area contributed by atoms with E-state index in [1.54, 1.807) is 0 Å². The quantitative estimate of drug-likeness (QED) is 0.786. The van der Waals surface area contributed by atoms with Crippen molar-refractivity contribution in [3.05, 3.63) is 0 Å². The van der Waals surface area contributed by atoms with Gasteiger partial charge in [0.1, 0.15) is 0 Å². The molecule has 0 radical (unpaired) electrons. The zero-order valence-corrected chi connectivity index (χ0v) is 10.4. The summed E-state index contributed by atoms with van der Waals surface area (Å²) in [5.74, 6) is 0. The van der Waals surface area contributed by atoms with Crippen LogP contribution in [0, 0.1) is 0 Å². The summed E-state index contributed by atoms with van der Waals surface area (Å²) in [6.45, 7) is 7.68. The van der Waals surface area contributed by atoms with E-state index in [0.717, 1.165) is 25.7 Å². The average molecular weight is 219 g/mol. The highest BCUT2D eigenvalue weighted by atomic mass is 32.2. The summed E-state index contributed by atoms with van der Waals surface area (Å²) in [6, 6.07) is 0. The maximum atomic E-state index is 12.0. The fraction of sp³-hybridized carbons (Fsp3) is 1.00. The lowest BCUT2D eigenvalue weighted by molar-refractivity contribution is 0.477. The number of nitrogens with one attached hydrogen (secondary N) is 1. The third kappa shape index (κ3) is 2.48. The molecule has 3 nitrogen and oxygen atoms in total. The Labute approximate surface area is 87.3 Å². The minimum atomic E-state index is -3.12. The molecule has 1 aliphatic carbocycles. The SMILES string of the molecule is CCCC1(S(=O)(=O)NC(C)(C)C)CC1. The van der Waals surface area contributed by atoms with Gasteiger partial charge in [0.05, 0.1) is 4.75 Å². The smallest absolute Gasteiger partial charge is 0.212 e. The van der Waals surface area contributed by atoms with E-state index < -0.39 is 14.8 Å². The molecular formula is C10H21NO2S. The molecule has 1 N–H and O–H groups in total. The van der Waals surface area contributed by atoms with Gasteiger partial charge in [0.15, 0.2) is 0 Å². The summed E-state index contributed by atoms with van der Waals surface area (Å²) in [5.41, 5.74) is -0.359. The Hall–Kier alpha value is -0.0900. The van der Waals surface area contributed by atoms with E-state index in [2.05, 4.69) is 4.72 Å². The van der Waals surface area contributed by atoms with Crippen molar-refractivity contribution in [2.24, 2.45) is 0 Å². The van der Waals surface area contributed by atoms with Gasteiger partial charge >= 0.3 is 0 Å². The lowest BCUT2D eigenvalue weighted by Gasteiger charge is -2.25. The van der Waals surface area contributed by atoms with E-state index in [1.165, 1.54) is 0 Å². The van der Waals surface area contributed by atoms with Gasteiger partial charge in [0.25, 0.3) is 0 Å². The van der Waals surface area contributed by atoms with Crippen LogP contribution in [0.3, 0.4) is 0 Å². The molecule has 0 heterocycles. The van der Waals surface area contributed by atoms with Crippen LogP contribution in [0.5, 0.6) is 0 Å². The van der Waals surface area contributed by atoms with Crippen LogP contribution < -0.4 is 4.72 Å². The molecule has 0 atom stereocenters. The highest BCUT2D eigenvalue weighted by Crippen LogP contribution is 2.47. The maximum absolute atomic E-state index is 12.0. The molecule has 1 saturated carbocycles. The number of rotatable bonds is 4. The van der Waals surface area contributed by atoms with Gasteiger partial charge < -0.3 is 0 Å². The molecule has 0 aromatic heterocycles. The molecule has 14 heavy (non-hydrogen) atoms. The molecule has 0 saturated heterocycles. The van der Waals surface area contributed by atoms with Crippen LogP contribution in [0.2, 0.25) is 0 Å². The second-order valence-electron chi connectivity index (χ2n) is 5.29. The molecule has 1 fully saturated rings. The summed E-state index contributed by atoms with van der Waals surface area (Å²) < 4.78 is 26.3. The van der Waals surface area contributed by atoms with E-state index in [1.807, 2.05) is 27.7 Å². The Balaban J connectivity index is 2.76. The molecule has 84 valence electrons. The normalized spacial score (nSPS) is 20.9. The highest BCUT2D eigenvalue weighted by Gasteiger charge is 2.54.